The number of anilines is 1. The molecule has 0 bridgehead atoms. The molecule has 1 saturated carbocycles. The second kappa shape index (κ2) is 5.46. The number of hydrogen-bond donors (Lipinski definition) is 3. The number of nitrogens with zero attached hydrogens (tertiary/aromatic N) is 1. The van der Waals surface area contributed by atoms with E-state index in [1.165, 1.54) is 11.3 Å². The summed E-state index contributed by atoms with van der Waals surface area (Å²) in [6.07, 6.45) is 4.26. The van der Waals surface area contributed by atoms with E-state index in [4.69, 9.17) is 11.5 Å². The second-order valence-electron chi connectivity index (χ2n) is 4.53. The number of thiazole rings is 1. The molecule has 1 fully saturated rings. The van der Waals surface area contributed by atoms with Gasteiger partial charge in [0.1, 0.15) is 0 Å². The molecule has 6 heteroatoms. The van der Waals surface area contributed by atoms with Gasteiger partial charge in [0.25, 0.3) is 0 Å². The molecule has 0 atom stereocenters. The summed E-state index contributed by atoms with van der Waals surface area (Å²) in [7, 11) is 0. The van der Waals surface area contributed by atoms with Gasteiger partial charge in [-0.15, -0.1) is 11.3 Å². The smallest absolute Gasteiger partial charge is 0.226 e. The molecule has 0 radical (unpaired) electrons. The molecule has 5 N–H and O–H groups in total. The van der Waals surface area contributed by atoms with Gasteiger partial charge in [0.15, 0.2) is 5.13 Å². The molecule has 1 aliphatic rings. The minimum Gasteiger partial charge on any atom is -0.375 e. The normalized spacial score (nSPS) is 24.5. The van der Waals surface area contributed by atoms with Crippen LogP contribution in [0.1, 0.15) is 31.4 Å². The van der Waals surface area contributed by atoms with Crippen LogP contribution in [0.5, 0.6) is 0 Å². The summed E-state index contributed by atoms with van der Waals surface area (Å²) in [6, 6.07) is 0.583. The zero-order chi connectivity index (χ0) is 12.3. The lowest BCUT2D eigenvalue weighted by Crippen LogP contribution is -2.41. The maximum Gasteiger partial charge on any atom is 0.226 e. The number of aromatic nitrogens is 1. The number of hydrogen-bond acceptors (Lipinski definition) is 5. The molecule has 1 aromatic heterocycles. The molecule has 0 aromatic carbocycles. The molecular formula is C11H18N4OS. The first kappa shape index (κ1) is 12.3. The predicted octanol–water partition coefficient (Wildman–Crippen LogP) is 0.654. The van der Waals surface area contributed by atoms with Crippen molar-refractivity contribution in [3.63, 3.8) is 0 Å². The molecule has 5 nitrogen and oxygen atoms in total. The van der Waals surface area contributed by atoms with Crippen LogP contribution in [0.4, 0.5) is 5.13 Å². The number of nitrogens with two attached hydrogens (primary N) is 2. The van der Waals surface area contributed by atoms with Crippen LogP contribution < -0.4 is 16.8 Å². The summed E-state index contributed by atoms with van der Waals surface area (Å²) in [5.41, 5.74) is 12.1. The van der Waals surface area contributed by atoms with Crippen molar-refractivity contribution < 1.29 is 4.79 Å². The standard InChI is InChI=1S/C11H18N4OS/c12-7-1-3-8(4-2-7)14-10(16)5-9-6-17-11(13)15-9/h6-8H,1-5,12H2,(H2,13,15)(H,14,16). The Morgan fingerprint density at radius 3 is 2.76 bits per heavy atom. The van der Waals surface area contributed by atoms with Crippen LogP contribution in [-0.2, 0) is 11.2 Å². The number of carbonyl (C=O) groups is 1. The number of nitrogens with one attached hydrogen (secondary N) is 1. The number of nitrogen functional groups attached to an aromatic ring is 1. The molecule has 0 saturated heterocycles. The van der Waals surface area contributed by atoms with Crippen LogP contribution in [0.3, 0.4) is 0 Å². The molecular weight excluding hydrogens is 236 g/mol. The topological polar surface area (TPSA) is 94.0 Å². The molecule has 1 amide bonds. The van der Waals surface area contributed by atoms with Gasteiger partial charge in [-0.3, -0.25) is 4.79 Å². The van der Waals surface area contributed by atoms with E-state index in [2.05, 4.69) is 10.3 Å². The van der Waals surface area contributed by atoms with Gasteiger partial charge in [0.05, 0.1) is 12.1 Å². The Morgan fingerprint density at radius 2 is 2.18 bits per heavy atom. The number of carbonyl (C=O) groups excluding carboxylic acids is 1. The summed E-state index contributed by atoms with van der Waals surface area (Å²) in [5.74, 6) is 0.0239. The summed E-state index contributed by atoms with van der Waals surface area (Å²) >= 11 is 1.36. The van der Waals surface area contributed by atoms with Gasteiger partial charge in [-0.05, 0) is 25.7 Å². The van der Waals surface area contributed by atoms with Crippen molar-refractivity contribution in [2.45, 2.75) is 44.2 Å². The first-order valence-electron chi connectivity index (χ1n) is 5.88. The van der Waals surface area contributed by atoms with Gasteiger partial charge in [-0.25, -0.2) is 4.98 Å². The highest BCUT2D eigenvalue weighted by atomic mass is 32.1. The van der Waals surface area contributed by atoms with E-state index in [0.717, 1.165) is 31.4 Å². The minimum absolute atomic E-state index is 0.0239. The SMILES string of the molecule is Nc1nc(CC(=O)NC2CCC(N)CC2)cs1. The number of amides is 1. The van der Waals surface area contributed by atoms with Gasteiger partial charge in [0.2, 0.25) is 5.91 Å². The third kappa shape index (κ3) is 3.67. The lowest BCUT2D eigenvalue weighted by Gasteiger charge is -2.26. The zero-order valence-corrected chi connectivity index (χ0v) is 10.5. The molecule has 94 valence electrons. The maximum absolute atomic E-state index is 11.8. The highest BCUT2D eigenvalue weighted by Crippen LogP contribution is 2.17. The molecule has 17 heavy (non-hydrogen) atoms. The van der Waals surface area contributed by atoms with Gasteiger partial charge < -0.3 is 16.8 Å². The second-order valence-corrected chi connectivity index (χ2v) is 5.42. The minimum atomic E-state index is 0.0239. The molecule has 1 aromatic rings. The fraction of sp³-hybridized carbons (Fsp3) is 0.636. The summed E-state index contributed by atoms with van der Waals surface area (Å²) in [6.45, 7) is 0. The zero-order valence-electron chi connectivity index (χ0n) is 9.69. The van der Waals surface area contributed by atoms with Gasteiger partial charge >= 0.3 is 0 Å². The van der Waals surface area contributed by atoms with Crippen molar-refractivity contribution in [1.82, 2.24) is 10.3 Å². The summed E-state index contributed by atoms with van der Waals surface area (Å²) in [4.78, 5) is 15.8. The van der Waals surface area contributed by atoms with E-state index >= 15 is 0 Å². The predicted molar refractivity (Wildman–Crippen MR) is 68.6 cm³/mol. The first-order chi connectivity index (χ1) is 8.13. The van der Waals surface area contributed by atoms with Crippen molar-refractivity contribution >= 4 is 22.4 Å². The Morgan fingerprint density at radius 1 is 1.47 bits per heavy atom. The Hall–Kier alpha value is -1.14. The van der Waals surface area contributed by atoms with Gasteiger partial charge in [-0.2, -0.15) is 0 Å². The van der Waals surface area contributed by atoms with Crippen LogP contribution in [-0.4, -0.2) is 23.0 Å². The largest absolute Gasteiger partial charge is 0.375 e. The monoisotopic (exact) mass is 254 g/mol. The fourth-order valence-electron chi connectivity index (χ4n) is 2.11. The summed E-state index contributed by atoms with van der Waals surface area (Å²) < 4.78 is 0. The Labute approximate surface area is 105 Å². The van der Waals surface area contributed by atoms with Crippen LogP contribution in [0, 0.1) is 0 Å². The van der Waals surface area contributed by atoms with Crippen molar-refractivity contribution in [1.29, 1.82) is 0 Å². The lowest BCUT2D eigenvalue weighted by atomic mass is 9.92. The summed E-state index contributed by atoms with van der Waals surface area (Å²) in [5, 5.41) is 5.36. The Bertz CT molecular complexity index is 385. The van der Waals surface area contributed by atoms with E-state index in [1.807, 2.05) is 5.38 Å². The van der Waals surface area contributed by atoms with E-state index in [9.17, 15) is 4.79 Å². The van der Waals surface area contributed by atoms with E-state index in [0.29, 0.717) is 17.6 Å². The van der Waals surface area contributed by atoms with Crippen LogP contribution >= 0.6 is 11.3 Å². The average Bonchev–Trinajstić information content (AvgIpc) is 2.67. The van der Waals surface area contributed by atoms with E-state index in [1.54, 1.807) is 0 Å². The highest BCUT2D eigenvalue weighted by molar-refractivity contribution is 7.13. The molecule has 1 aliphatic carbocycles. The van der Waals surface area contributed by atoms with Gasteiger partial charge in [-0.1, -0.05) is 0 Å². The lowest BCUT2D eigenvalue weighted by molar-refractivity contribution is -0.121. The number of rotatable bonds is 3. The van der Waals surface area contributed by atoms with Crippen molar-refractivity contribution in [3.8, 4) is 0 Å². The van der Waals surface area contributed by atoms with E-state index < -0.39 is 0 Å². The van der Waals surface area contributed by atoms with Crippen molar-refractivity contribution in [2.75, 3.05) is 5.73 Å². The quantitative estimate of drug-likeness (QED) is 0.738. The fourth-order valence-corrected chi connectivity index (χ4v) is 2.67. The third-order valence-electron chi connectivity index (χ3n) is 3.05. The maximum atomic E-state index is 11.8. The molecule has 0 unspecified atom stereocenters. The van der Waals surface area contributed by atoms with Gasteiger partial charge in [0, 0.05) is 17.5 Å². The van der Waals surface area contributed by atoms with Crippen molar-refractivity contribution in [3.05, 3.63) is 11.1 Å². The van der Waals surface area contributed by atoms with Crippen LogP contribution in [0.2, 0.25) is 0 Å². The van der Waals surface area contributed by atoms with Crippen LogP contribution in [0.15, 0.2) is 5.38 Å². The third-order valence-corrected chi connectivity index (χ3v) is 3.77. The first-order valence-corrected chi connectivity index (χ1v) is 6.76. The Balaban J connectivity index is 1.77. The Kier molecular flexibility index (Phi) is 3.96. The highest BCUT2D eigenvalue weighted by Gasteiger charge is 2.20. The average molecular weight is 254 g/mol. The van der Waals surface area contributed by atoms with Crippen molar-refractivity contribution in [2.24, 2.45) is 5.73 Å². The van der Waals surface area contributed by atoms with E-state index in [-0.39, 0.29) is 11.9 Å². The molecule has 2 rings (SSSR count). The molecule has 0 spiro atoms. The molecule has 0 aliphatic heterocycles. The van der Waals surface area contributed by atoms with Crippen LogP contribution in [0.25, 0.3) is 0 Å². The molecule has 1 heterocycles.